The topological polar surface area (TPSA) is 30.7 Å². The van der Waals surface area contributed by atoms with E-state index in [0.29, 0.717) is 0 Å². The van der Waals surface area contributed by atoms with Gasteiger partial charge in [-0.05, 0) is 15.9 Å². The molecule has 2 rings (SSSR count). The van der Waals surface area contributed by atoms with E-state index in [2.05, 4.69) is 26.0 Å². The average Bonchev–Trinajstić information content (AvgIpc) is 2.58. The van der Waals surface area contributed by atoms with Gasteiger partial charge >= 0.3 is 0 Å². The third-order valence-electron chi connectivity index (χ3n) is 1.46. The molecule has 0 saturated heterocycles. The van der Waals surface area contributed by atoms with Gasteiger partial charge in [-0.1, -0.05) is 0 Å². The van der Waals surface area contributed by atoms with E-state index in [1.54, 1.807) is 21.5 Å². The molecule has 0 aliphatic carbocycles. The third kappa shape index (κ3) is 1.30. The summed E-state index contributed by atoms with van der Waals surface area (Å²) < 4.78 is 2.74. The summed E-state index contributed by atoms with van der Waals surface area (Å²) in [5, 5.41) is 6.25. The molecular weight excluding hydrogens is 238 g/mol. The summed E-state index contributed by atoms with van der Waals surface area (Å²) in [7, 11) is 1.89. The van der Waals surface area contributed by atoms with E-state index in [9.17, 15) is 0 Å². The van der Waals surface area contributed by atoms with E-state index in [-0.39, 0.29) is 0 Å². The van der Waals surface area contributed by atoms with Crippen molar-refractivity contribution in [2.45, 2.75) is 0 Å². The number of hydrogen-bond acceptors (Lipinski definition) is 3. The minimum absolute atomic E-state index is 0.902. The summed E-state index contributed by atoms with van der Waals surface area (Å²) in [6.45, 7) is 0. The number of rotatable bonds is 1. The Labute approximate surface area is 82.2 Å². The van der Waals surface area contributed by atoms with Crippen LogP contribution in [0, 0.1) is 0 Å². The van der Waals surface area contributed by atoms with Crippen molar-refractivity contribution >= 4 is 27.3 Å². The molecule has 0 atom stereocenters. The highest BCUT2D eigenvalue weighted by molar-refractivity contribution is 9.10. The molecule has 2 heterocycles. The van der Waals surface area contributed by atoms with Crippen molar-refractivity contribution in [2.75, 3.05) is 0 Å². The first-order chi connectivity index (χ1) is 5.77. The van der Waals surface area contributed by atoms with Gasteiger partial charge in [0.25, 0.3) is 0 Å². The summed E-state index contributed by atoms with van der Waals surface area (Å²) in [5.41, 5.74) is 3.63. The van der Waals surface area contributed by atoms with Crippen LogP contribution in [0.5, 0.6) is 0 Å². The van der Waals surface area contributed by atoms with Gasteiger partial charge in [0, 0.05) is 18.6 Å². The fraction of sp³-hybridized carbons (Fsp3) is 0.143. The van der Waals surface area contributed by atoms with Crippen LogP contribution in [0.25, 0.3) is 11.4 Å². The summed E-state index contributed by atoms with van der Waals surface area (Å²) in [4.78, 5) is 4.17. The van der Waals surface area contributed by atoms with Crippen molar-refractivity contribution in [3.63, 3.8) is 0 Å². The zero-order valence-corrected chi connectivity index (χ0v) is 8.76. The second kappa shape index (κ2) is 2.99. The van der Waals surface area contributed by atoms with Crippen LogP contribution in [0.1, 0.15) is 0 Å². The molecular formula is C7H6BrN3S. The van der Waals surface area contributed by atoms with Crippen LogP contribution in [-0.2, 0) is 7.05 Å². The molecule has 0 N–H and O–H groups in total. The summed E-state index contributed by atoms with van der Waals surface area (Å²) in [5.74, 6) is 0. The van der Waals surface area contributed by atoms with Gasteiger partial charge in [0.1, 0.15) is 11.4 Å². The molecule has 0 amide bonds. The molecule has 0 aromatic carbocycles. The molecule has 0 radical (unpaired) electrons. The Morgan fingerprint density at radius 2 is 2.42 bits per heavy atom. The first-order valence-corrected chi connectivity index (χ1v) is 5.08. The third-order valence-corrected chi connectivity index (χ3v) is 2.63. The van der Waals surface area contributed by atoms with Gasteiger partial charge in [-0.2, -0.15) is 5.10 Å². The van der Waals surface area contributed by atoms with E-state index in [4.69, 9.17) is 0 Å². The van der Waals surface area contributed by atoms with Gasteiger partial charge in [0.2, 0.25) is 0 Å². The zero-order valence-electron chi connectivity index (χ0n) is 6.36. The second-order valence-electron chi connectivity index (χ2n) is 2.37. The van der Waals surface area contributed by atoms with Crippen molar-refractivity contribution in [2.24, 2.45) is 7.05 Å². The van der Waals surface area contributed by atoms with Gasteiger partial charge < -0.3 is 0 Å². The van der Waals surface area contributed by atoms with Crippen molar-refractivity contribution < 1.29 is 0 Å². The van der Waals surface area contributed by atoms with Crippen molar-refractivity contribution in [3.8, 4) is 11.4 Å². The van der Waals surface area contributed by atoms with Gasteiger partial charge in [-0.25, -0.2) is 4.98 Å². The molecule has 0 unspecified atom stereocenters. The Hall–Kier alpha value is -0.680. The number of halogens is 1. The van der Waals surface area contributed by atoms with Crippen LogP contribution in [0.2, 0.25) is 0 Å². The van der Waals surface area contributed by atoms with Crippen LogP contribution in [-0.4, -0.2) is 14.8 Å². The van der Waals surface area contributed by atoms with Crippen molar-refractivity contribution in [3.05, 3.63) is 21.6 Å². The lowest BCUT2D eigenvalue weighted by atomic mass is 10.3. The van der Waals surface area contributed by atoms with Crippen molar-refractivity contribution in [1.82, 2.24) is 14.8 Å². The van der Waals surface area contributed by atoms with E-state index in [1.165, 1.54) is 0 Å². The average molecular weight is 244 g/mol. The van der Waals surface area contributed by atoms with Gasteiger partial charge in [0.05, 0.1) is 9.98 Å². The molecule has 0 aliphatic heterocycles. The number of aromatic nitrogens is 3. The van der Waals surface area contributed by atoms with Crippen molar-refractivity contribution in [1.29, 1.82) is 0 Å². The van der Waals surface area contributed by atoms with E-state index < -0.39 is 0 Å². The van der Waals surface area contributed by atoms with E-state index in [1.807, 2.05) is 18.6 Å². The Bertz CT molecular complexity index is 379. The highest BCUT2D eigenvalue weighted by atomic mass is 79.9. The monoisotopic (exact) mass is 243 g/mol. The first kappa shape index (κ1) is 7.94. The lowest BCUT2D eigenvalue weighted by molar-refractivity contribution is 0.770. The minimum atomic E-state index is 0.902. The summed E-state index contributed by atoms with van der Waals surface area (Å²) >= 11 is 4.99. The quantitative estimate of drug-likeness (QED) is 0.770. The molecule has 12 heavy (non-hydrogen) atoms. The Kier molecular flexibility index (Phi) is 1.98. The summed E-state index contributed by atoms with van der Waals surface area (Å²) in [6, 6.07) is 0. The zero-order chi connectivity index (χ0) is 8.55. The molecule has 3 nitrogen and oxygen atoms in total. The number of aryl methyl sites for hydroxylation is 1. The lowest BCUT2D eigenvalue weighted by Gasteiger charge is -1.88. The maximum Gasteiger partial charge on any atom is 0.126 e. The first-order valence-electron chi connectivity index (χ1n) is 3.35. The highest BCUT2D eigenvalue weighted by Gasteiger charge is 2.08. The van der Waals surface area contributed by atoms with Crippen LogP contribution < -0.4 is 0 Å². The molecule has 2 aromatic rings. The maximum atomic E-state index is 4.27. The van der Waals surface area contributed by atoms with Gasteiger partial charge in [-0.15, -0.1) is 11.3 Å². The largest absolute Gasteiger partial charge is 0.274 e. The molecule has 0 saturated carbocycles. The SMILES string of the molecule is Cn1cc(Br)c(-c2cscn2)n1. The Morgan fingerprint density at radius 1 is 1.58 bits per heavy atom. The van der Waals surface area contributed by atoms with Crippen LogP contribution in [0.4, 0.5) is 0 Å². The standard InChI is InChI=1S/C7H6BrN3S/c1-11-2-5(8)7(10-11)6-3-12-4-9-6/h2-4H,1H3. The molecule has 5 heteroatoms. The molecule has 0 aliphatic rings. The van der Waals surface area contributed by atoms with Crippen LogP contribution in [0.15, 0.2) is 21.6 Å². The number of nitrogens with zero attached hydrogens (tertiary/aromatic N) is 3. The fourth-order valence-electron chi connectivity index (χ4n) is 0.963. The second-order valence-corrected chi connectivity index (χ2v) is 3.95. The number of thiazole rings is 1. The Balaban J connectivity index is 2.54. The van der Waals surface area contributed by atoms with E-state index in [0.717, 1.165) is 15.9 Å². The predicted octanol–water partition coefficient (Wildman–Crippen LogP) is 2.31. The van der Waals surface area contributed by atoms with E-state index >= 15 is 0 Å². The number of hydrogen-bond donors (Lipinski definition) is 0. The normalized spacial score (nSPS) is 10.5. The minimum Gasteiger partial charge on any atom is -0.274 e. The lowest BCUT2D eigenvalue weighted by Crippen LogP contribution is -1.87. The van der Waals surface area contributed by atoms with Crippen LogP contribution in [0.3, 0.4) is 0 Å². The molecule has 2 aromatic heterocycles. The molecule has 0 bridgehead atoms. The van der Waals surface area contributed by atoms with Crippen LogP contribution >= 0.6 is 27.3 Å². The molecule has 62 valence electrons. The predicted molar refractivity (Wildman–Crippen MR) is 52.0 cm³/mol. The fourth-order valence-corrected chi connectivity index (χ4v) is 2.08. The smallest absolute Gasteiger partial charge is 0.126 e. The Morgan fingerprint density at radius 3 is 2.92 bits per heavy atom. The molecule has 0 spiro atoms. The van der Waals surface area contributed by atoms with Gasteiger partial charge in [0.15, 0.2) is 0 Å². The molecule has 0 fully saturated rings. The maximum absolute atomic E-state index is 4.27. The summed E-state index contributed by atoms with van der Waals surface area (Å²) in [6.07, 6.45) is 1.91. The highest BCUT2D eigenvalue weighted by Crippen LogP contribution is 2.25. The van der Waals surface area contributed by atoms with Gasteiger partial charge in [-0.3, -0.25) is 4.68 Å².